The first-order valence-electron chi connectivity index (χ1n) is 7.26. The molecule has 2 N–H and O–H groups in total. The van der Waals surface area contributed by atoms with Crippen molar-refractivity contribution in [2.24, 2.45) is 10.9 Å². The monoisotopic (exact) mass is 419 g/mol. The zero-order valence-corrected chi connectivity index (χ0v) is 16.0. The molecule has 0 amide bonds. The van der Waals surface area contributed by atoms with E-state index >= 15 is 0 Å². The number of carbonyl (C=O) groups excluding carboxylic acids is 1. The van der Waals surface area contributed by atoms with Gasteiger partial charge in [0.25, 0.3) is 0 Å². The van der Waals surface area contributed by atoms with Crippen molar-refractivity contribution in [2.45, 2.75) is 26.8 Å². The number of carbonyl (C=O) groups is 1. The van der Waals surface area contributed by atoms with Crippen LogP contribution in [-0.2, 0) is 9.53 Å². The lowest BCUT2D eigenvalue weighted by Crippen LogP contribution is -2.39. The van der Waals surface area contributed by atoms with Gasteiger partial charge in [-0.2, -0.15) is 0 Å². The van der Waals surface area contributed by atoms with Gasteiger partial charge in [-0.05, 0) is 19.4 Å². The van der Waals surface area contributed by atoms with E-state index in [1.165, 1.54) is 12.7 Å². The second-order valence-electron chi connectivity index (χ2n) is 4.92. The summed E-state index contributed by atoms with van der Waals surface area (Å²) in [5.41, 5.74) is 1.18. The minimum absolute atomic E-state index is 0. The molecule has 2 atom stereocenters. The van der Waals surface area contributed by atoms with Gasteiger partial charge >= 0.3 is 5.97 Å². The highest BCUT2D eigenvalue weighted by Crippen LogP contribution is 2.10. The van der Waals surface area contributed by atoms with Crippen LogP contribution < -0.4 is 10.6 Å². The van der Waals surface area contributed by atoms with Crippen molar-refractivity contribution in [3.8, 4) is 0 Å². The number of guanidine groups is 1. The summed E-state index contributed by atoms with van der Waals surface area (Å²) in [7, 11) is 1.39. The van der Waals surface area contributed by atoms with Crippen LogP contribution in [0.25, 0.3) is 0 Å². The molecule has 0 aliphatic heterocycles. The van der Waals surface area contributed by atoms with Crippen molar-refractivity contribution in [2.75, 3.05) is 20.2 Å². The number of hydrogen-bond donors (Lipinski definition) is 2. The number of nitrogens with zero attached hydrogens (tertiary/aromatic N) is 1. The molecule has 0 aliphatic rings. The van der Waals surface area contributed by atoms with Gasteiger partial charge in [0.2, 0.25) is 0 Å². The number of methoxy groups -OCH3 is 1. The molecule has 5 nitrogen and oxygen atoms in total. The van der Waals surface area contributed by atoms with Crippen LogP contribution in [0.15, 0.2) is 35.3 Å². The van der Waals surface area contributed by atoms with Gasteiger partial charge in [0.05, 0.1) is 25.6 Å². The van der Waals surface area contributed by atoms with Crippen LogP contribution in [0, 0.1) is 5.92 Å². The van der Waals surface area contributed by atoms with E-state index in [0.29, 0.717) is 12.5 Å². The Morgan fingerprint density at radius 2 is 1.91 bits per heavy atom. The normalized spacial score (nSPS) is 13.5. The molecule has 0 aromatic heterocycles. The van der Waals surface area contributed by atoms with Gasteiger partial charge in [0, 0.05) is 6.54 Å². The van der Waals surface area contributed by atoms with Crippen molar-refractivity contribution >= 4 is 35.9 Å². The van der Waals surface area contributed by atoms with E-state index < -0.39 is 0 Å². The summed E-state index contributed by atoms with van der Waals surface area (Å²) < 4.78 is 4.71. The van der Waals surface area contributed by atoms with Crippen molar-refractivity contribution in [1.82, 2.24) is 10.6 Å². The van der Waals surface area contributed by atoms with Crippen LogP contribution in [0.2, 0.25) is 0 Å². The Morgan fingerprint density at radius 3 is 2.45 bits per heavy atom. The molecule has 0 fully saturated rings. The summed E-state index contributed by atoms with van der Waals surface area (Å²) in [6.07, 6.45) is 0. The highest BCUT2D eigenvalue weighted by Gasteiger charge is 2.13. The van der Waals surface area contributed by atoms with Crippen LogP contribution in [0.1, 0.15) is 32.4 Å². The highest BCUT2D eigenvalue weighted by molar-refractivity contribution is 14.0. The van der Waals surface area contributed by atoms with Gasteiger partial charge in [0.15, 0.2) is 5.96 Å². The lowest BCUT2D eigenvalue weighted by Gasteiger charge is -2.18. The SMILES string of the molecule is CCNC(=NCC(C)C(=O)OC)NC(C)c1ccccc1.I. The Hall–Kier alpha value is -1.31. The van der Waals surface area contributed by atoms with Crippen LogP contribution >= 0.6 is 24.0 Å². The molecule has 0 aliphatic carbocycles. The average molecular weight is 419 g/mol. The number of hydrogen-bond acceptors (Lipinski definition) is 3. The molecule has 0 bridgehead atoms. The largest absolute Gasteiger partial charge is 0.469 e. The van der Waals surface area contributed by atoms with Gasteiger partial charge in [0.1, 0.15) is 0 Å². The van der Waals surface area contributed by atoms with Crippen molar-refractivity contribution < 1.29 is 9.53 Å². The van der Waals surface area contributed by atoms with E-state index in [-0.39, 0.29) is 41.9 Å². The van der Waals surface area contributed by atoms with E-state index in [0.717, 1.165) is 6.54 Å². The van der Waals surface area contributed by atoms with E-state index in [2.05, 4.69) is 34.7 Å². The first kappa shape index (κ1) is 20.7. The number of benzene rings is 1. The van der Waals surface area contributed by atoms with Gasteiger partial charge in [-0.3, -0.25) is 9.79 Å². The van der Waals surface area contributed by atoms with E-state index in [4.69, 9.17) is 4.74 Å². The first-order chi connectivity index (χ1) is 10.1. The Labute approximate surface area is 149 Å². The molecule has 0 spiro atoms. The molecule has 0 saturated carbocycles. The number of rotatable bonds is 6. The molecule has 1 rings (SSSR count). The van der Waals surface area contributed by atoms with Crippen molar-refractivity contribution in [3.63, 3.8) is 0 Å². The van der Waals surface area contributed by atoms with Gasteiger partial charge in [-0.15, -0.1) is 24.0 Å². The van der Waals surface area contributed by atoms with Crippen molar-refractivity contribution in [1.29, 1.82) is 0 Å². The zero-order chi connectivity index (χ0) is 15.7. The molecule has 22 heavy (non-hydrogen) atoms. The lowest BCUT2D eigenvalue weighted by molar-refractivity contribution is -0.144. The third-order valence-electron chi connectivity index (χ3n) is 3.12. The summed E-state index contributed by atoms with van der Waals surface area (Å²) in [6.45, 7) is 7.04. The Bertz CT molecular complexity index is 466. The second kappa shape index (κ2) is 11.3. The quantitative estimate of drug-likeness (QED) is 0.322. The van der Waals surface area contributed by atoms with E-state index in [1.54, 1.807) is 6.92 Å². The number of halogens is 1. The third kappa shape index (κ3) is 7.11. The summed E-state index contributed by atoms with van der Waals surface area (Å²) in [4.78, 5) is 15.8. The van der Waals surface area contributed by atoms with E-state index in [9.17, 15) is 4.79 Å². The maximum atomic E-state index is 11.4. The fraction of sp³-hybridized carbons (Fsp3) is 0.500. The Morgan fingerprint density at radius 1 is 1.27 bits per heavy atom. The van der Waals surface area contributed by atoms with Gasteiger partial charge in [-0.1, -0.05) is 37.3 Å². The summed E-state index contributed by atoms with van der Waals surface area (Å²) >= 11 is 0. The zero-order valence-electron chi connectivity index (χ0n) is 13.6. The third-order valence-corrected chi connectivity index (χ3v) is 3.12. The molecule has 0 heterocycles. The topological polar surface area (TPSA) is 62.7 Å². The second-order valence-corrected chi connectivity index (χ2v) is 4.92. The maximum absolute atomic E-state index is 11.4. The molecule has 0 radical (unpaired) electrons. The number of ether oxygens (including phenoxy) is 1. The number of esters is 1. The molecule has 1 aromatic carbocycles. The lowest BCUT2D eigenvalue weighted by atomic mass is 10.1. The first-order valence-corrected chi connectivity index (χ1v) is 7.26. The summed E-state index contributed by atoms with van der Waals surface area (Å²) in [6, 6.07) is 10.3. The number of nitrogens with one attached hydrogen (secondary N) is 2. The minimum atomic E-state index is -0.252. The predicted octanol–water partition coefficient (Wildman–Crippen LogP) is 2.73. The van der Waals surface area contributed by atoms with Crippen LogP contribution in [0.5, 0.6) is 0 Å². The molecule has 2 unspecified atom stereocenters. The standard InChI is InChI=1S/C16H25N3O2.HI/c1-5-17-16(18-11-12(2)15(20)21-4)19-13(3)14-9-7-6-8-10-14;/h6-10,12-13H,5,11H2,1-4H3,(H2,17,18,19);1H. The fourth-order valence-corrected chi connectivity index (χ4v) is 1.85. The molecule has 1 aromatic rings. The minimum Gasteiger partial charge on any atom is -0.469 e. The molecule has 124 valence electrons. The van der Waals surface area contributed by atoms with Crippen LogP contribution in [-0.4, -0.2) is 32.1 Å². The highest BCUT2D eigenvalue weighted by atomic mass is 127. The molecule has 0 saturated heterocycles. The van der Waals surface area contributed by atoms with Crippen LogP contribution in [0.3, 0.4) is 0 Å². The Kier molecular flexibility index (Phi) is 10.6. The average Bonchev–Trinajstić information content (AvgIpc) is 2.52. The summed E-state index contributed by atoms with van der Waals surface area (Å²) in [5.74, 6) is 0.202. The van der Waals surface area contributed by atoms with Crippen LogP contribution in [0.4, 0.5) is 0 Å². The van der Waals surface area contributed by atoms with E-state index in [1.807, 2.05) is 25.1 Å². The smallest absolute Gasteiger partial charge is 0.310 e. The van der Waals surface area contributed by atoms with Crippen molar-refractivity contribution in [3.05, 3.63) is 35.9 Å². The molecule has 6 heteroatoms. The summed E-state index contributed by atoms with van der Waals surface area (Å²) in [5, 5.41) is 6.52. The molecular weight excluding hydrogens is 393 g/mol. The predicted molar refractivity (Wildman–Crippen MR) is 101 cm³/mol. The molecular formula is C16H26IN3O2. The maximum Gasteiger partial charge on any atom is 0.310 e. The van der Waals surface area contributed by atoms with Gasteiger partial charge in [-0.25, -0.2) is 0 Å². The van der Waals surface area contributed by atoms with Gasteiger partial charge < -0.3 is 15.4 Å². The fourth-order valence-electron chi connectivity index (χ4n) is 1.85. The number of aliphatic imine (C=N–C) groups is 1. The Balaban J connectivity index is 0.00000441.